The summed E-state index contributed by atoms with van der Waals surface area (Å²) < 4.78 is 5.79. The first-order valence-electron chi connectivity index (χ1n) is 6.43. The molecule has 0 bridgehead atoms. The fourth-order valence-corrected chi connectivity index (χ4v) is 2.92. The molecule has 21 heavy (non-hydrogen) atoms. The molecule has 0 saturated carbocycles. The Morgan fingerprint density at radius 1 is 1.29 bits per heavy atom. The van der Waals surface area contributed by atoms with Crippen molar-refractivity contribution in [3.05, 3.63) is 52.0 Å². The largest absolute Gasteiger partial charge is 0.465 e. The van der Waals surface area contributed by atoms with Gasteiger partial charge >= 0.3 is 5.97 Å². The summed E-state index contributed by atoms with van der Waals surface area (Å²) in [5.74, 6) is 0.342. The fraction of sp³-hybridized carbons (Fsp3) is 0.125. The van der Waals surface area contributed by atoms with Gasteiger partial charge in [-0.25, -0.2) is 9.78 Å². The number of nitrogens with one attached hydrogen (secondary N) is 1. The van der Waals surface area contributed by atoms with Crippen LogP contribution in [-0.2, 0) is 4.74 Å². The first kappa shape index (κ1) is 13.8. The van der Waals surface area contributed by atoms with E-state index in [0.29, 0.717) is 11.1 Å². The van der Waals surface area contributed by atoms with E-state index < -0.39 is 0 Å². The van der Waals surface area contributed by atoms with Crippen LogP contribution in [0.4, 0.5) is 0 Å². The summed E-state index contributed by atoms with van der Waals surface area (Å²) in [6, 6.07) is 11.5. The van der Waals surface area contributed by atoms with Crippen LogP contribution >= 0.6 is 15.9 Å². The number of hydrogen-bond donors (Lipinski definition) is 1. The molecule has 3 aromatic rings. The highest BCUT2D eigenvalue weighted by Crippen LogP contribution is 2.26. The van der Waals surface area contributed by atoms with Crippen molar-refractivity contribution in [3.8, 4) is 11.4 Å². The normalized spacial score (nSPS) is 10.8. The molecule has 0 fully saturated rings. The van der Waals surface area contributed by atoms with Gasteiger partial charge in [0.05, 0.1) is 18.2 Å². The molecule has 5 heteroatoms. The van der Waals surface area contributed by atoms with Gasteiger partial charge in [-0.05, 0) is 42.8 Å². The molecule has 3 rings (SSSR count). The number of H-pyrrole nitrogens is 1. The monoisotopic (exact) mass is 344 g/mol. The average molecular weight is 345 g/mol. The number of hydrogen-bond acceptors (Lipinski definition) is 3. The molecule has 106 valence electrons. The Bertz CT molecular complexity index is 819. The zero-order chi connectivity index (χ0) is 15.0. The van der Waals surface area contributed by atoms with Gasteiger partial charge in [-0.2, -0.15) is 0 Å². The smallest absolute Gasteiger partial charge is 0.340 e. The highest BCUT2D eigenvalue weighted by Gasteiger charge is 2.14. The molecule has 0 saturated heterocycles. The van der Waals surface area contributed by atoms with Crippen LogP contribution in [0.25, 0.3) is 22.4 Å². The van der Waals surface area contributed by atoms with E-state index in [4.69, 9.17) is 4.74 Å². The highest BCUT2D eigenvalue weighted by molar-refractivity contribution is 9.10. The van der Waals surface area contributed by atoms with Gasteiger partial charge in [0.15, 0.2) is 0 Å². The molecule has 1 N–H and O–H groups in total. The quantitative estimate of drug-likeness (QED) is 0.712. The van der Waals surface area contributed by atoms with Crippen molar-refractivity contribution >= 4 is 32.9 Å². The number of benzene rings is 2. The zero-order valence-electron chi connectivity index (χ0n) is 11.6. The minimum Gasteiger partial charge on any atom is -0.465 e. The molecule has 1 aromatic heterocycles. The molecule has 2 aromatic carbocycles. The molecular formula is C16H13BrN2O2. The second-order valence-corrected chi connectivity index (χ2v) is 5.71. The number of aromatic amines is 1. The lowest BCUT2D eigenvalue weighted by Gasteiger charge is -2.00. The number of methoxy groups -OCH3 is 1. The van der Waals surface area contributed by atoms with E-state index >= 15 is 0 Å². The Labute approximate surface area is 130 Å². The number of halogens is 1. The summed E-state index contributed by atoms with van der Waals surface area (Å²) in [5, 5.41) is 0. The lowest BCUT2D eigenvalue weighted by atomic mass is 10.1. The third kappa shape index (κ3) is 2.56. The molecule has 0 unspecified atom stereocenters. The molecule has 0 spiro atoms. The first-order valence-corrected chi connectivity index (χ1v) is 7.22. The molecule has 0 radical (unpaired) electrons. The van der Waals surface area contributed by atoms with Crippen LogP contribution in [0.5, 0.6) is 0 Å². The Morgan fingerprint density at radius 3 is 2.81 bits per heavy atom. The Kier molecular flexibility index (Phi) is 3.51. The van der Waals surface area contributed by atoms with Crippen LogP contribution in [0.15, 0.2) is 40.9 Å². The van der Waals surface area contributed by atoms with Crippen molar-refractivity contribution in [1.29, 1.82) is 0 Å². The SMILES string of the molecule is COC(=O)c1cccc2[nH]c(-c3cc(C)cc(Br)c3)nc12. The maximum absolute atomic E-state index is 11.8. The molecule has 1 heterocycles. The molecule has 4 nitrogen and oxygen atoms in total. The number of esters is 1. The zero-order valence-corrected chi connectivity index (χ0v) is 13.2. The maximum Gasteiger partial charge on any atom is 0.340 e. The second kappa shape index (κ2) is 5.33. The summed E-state index contributed by atoms with van der Waals surface area (Å²) in [4.78, 5) is 19.6. The summed E-state index contributed by atoms with van der Waals surface area (Å²) >= 11 is 3.49. The highest BCUT2D eigenvalue weighted by atomic mass is 79.9. The van der Waals surface area contributed by atoms with Gasteiger partial charge in [0, 0.05) is 10.0 Å². The van der Waals surface area contributed by atoms with Crippen molar-refractivity contribution in [2.75, 3.05) is 7.11 Å². The van der Waals surface area contributed by atoms with Crippen LogP contribution in [0.2, 0.25) is 0 Å². The van der Waals surface area contributed by atoms with E-state index in [2.05, 4.69) is 25.9 Å². The number of nitrogens with zero attached hydrogens (tertiary/aromatic N) is 1. The topological polar surface area (TPSA) is 55.0 Å². The molecular weight excluding hydrogens is 332 g/mol. The van der Waals surface area contributed by atoms with E-state index in [1.807, 2.05) is 37.3 Å². The number of imidazole rings is 1. The minimum absolute atomic E-state index is 0.385. The first-order chi connectivity index (χ1) is 10.1. The number of para-hydroxylation sites is 1. The standard InChI is InChI=1S/C16H13BrN2O2/c1-9-6-10(8-11(17)7-9)15-18-13-5-3-4-12(14(13)19-15)16(20)21-2/h3-8H,1-2H3,(H,18,19). The lowest BCUT2D eigenvalue weighted by Crippen LogP contribution is -2.01. The average Bonchev–Trinajstić information content (AvgIpc) is 2.89. The van der Waals surface area contributed by atoms with E-state index in [-0.39, 0.29) is 5.97 Å². The molecule has 0 aliphatic rings. The van der Waals surface area contributed by atoms with Gasteiger partial charge in [0.25, 0.3) is 0 Å². The number of ether oxygens (including phenoxy) is 1. The van der Waals surface area contributed by atoms with Gasteiger partial charge < -0.3 is 9.72 Å². The third-order valence-electron chi connectivity index (χ3n) is 3.23. The number of carbonyl (C=O) groups is 1. The predicted molar refractivity (Wildman–Crippen MR) is 85.3 cm³/mol. The van der Waals surface area contributed by atoms with Crippen molar-refractivity contribution in [2.24, 2.45) is 0 Å². The molecule has 0 aliphatic carbocycles. The lowest BCUT2D eigenvalue weighted by molar-refractivity contribution is 0.0603. The Morgan fingerprint density at radius 2 is 2.10 bits per heavy atom. The van der Waals surface area contributed by atoms with Gasteiger partial charge in [-0.15, -0.1) is 0 Å². The fourth-order valence-electron chi connectivity index (χ4n) is 2.32. The van der Waals surface area contributed by atoms with Gasteiger partial charge in [0.1, 0.15) is 11.3 Å². The van der Waals surface area contributed by atoms with Gasteiger partial charge in [0.2, 0.25) is 0 Å². The van der Waals surface area contributed by atoms with Gasteiger partial charge in [-0.3, -0.25) is 0 Å². The van der Waals surface area contributed by atoms with Crippen LogP contribution < -0.4 is 0 Å². The summed E-state index contributed by atoms with van der Waals surface area (Å²) in [6.45, 7) is 2.02. The Hall–Kier alpha value is -2.14. The summed E-state index contributed by atoms with van der Waals surface area (Å²) in [7, 11) is 1.37. The molecule has 0 amide bonds. The van der Waals surface area contributed by atoms with Crippen molar-refractivity contribution in [2.45, 2.75) is 6.92 Å². The van der Waals surface area contributed by atoms with Gasteiger partial charge in [-0.1, -0.05) is 22.0 Å². The van der Waals surface area contributed by atoms with Crippen LogP contribution in [0.3, 0.4) is 0 Å². The van der Waals surface area contributed by atoms with E-state index in [1.165, 1.54) is 7.11 Å². The van der Waals surface area contributed by atoms with E-state index in [1.54, 1.807) is 6.07 Å². The third-order valence-corrected chi connectivity index (χ3v) is 3.69. The minimum atomic E-state index is -0.385. The number of rotatable bonds is 2. The molecule has 0 aliphatic heterocycles. The van der Waals surface area contributed by atoms with Crippen LogP contribution in [0, 0.1) is 6.92 Å². The van der Waals surface area contributed by atoms with Crippen molar-refractivity contribution in [1.82, 2.24) is 9.97 Å². The van der Waals surface area contributed by atoms with Crippen LogP contribution in [0.1, 0.15) is 15.9 Å². The number of aromatic nitrogens is 2. The second-order valence-electron chi connectivity index (χ2n) is 4.80. The number of aryl methyl sites for hydroxylation is 1. The molecule has 0 atom stereocenters. The van der Waals surface area contributed by atoms with Crippen molar-refractivity contribution in [3.63, 3.8) is 0 Å². The van der Waals surface area contributed by atoms with Crippen molar-refractivity contribution < 1.29 is 9.53 Å². The predicted octanol–water partition coefficient (Wildman–Crippen LogP) is 4.09. The van der Waals surface area contributed by atoms with E-state index in [0.717, 1.165) is 26.9 Å². The number of carbonyl (C=O) groups excluding carboxylic acids is 1. The Balaban J connectivity index is 2.19. The van der Waals surface area contributed by atoms with Crippen LogP contribution in [-0.4, -0.2) is 23.0 Å². The van der Waals surface area contributed by atoms with E-state index in [9.17, 15) is 4.79 Å². The summed E-state index contributed by atoms with van der Waals surface area (Å²) in [5.41, 5.74) is 3.99. The number of fused-ring (bicyclic) bond motifs is 1. The summed E-state index contributed by atoms with van der Waals surface area (Å²) in [6.07, 6.45) is 0. The maximum atomic E-state index is 11.8.